The van der Waals surface area contributed by atoms with E-state index in [9.17, 15) is 38.7 Å². The number of nitrogens with one attached hydrogen (secondary N) is 5. The van der Waals surface area contributed by atoms with Gasteiger partial charge >= 0.3 is 5.97 Å². The Labute approximate surface area is 331 Å². The highest BCUT2D eigenvalue weighted by atomic mass is 16.4. The van der Waals surface area contributed by atoms with Gasteiger partial charge in [0.2, 0.25) is 35.4 Å². The molecule has 1 aliphatic rings. The molecule has 16 N–H and O–H groups in total. The summed E-state index contributed by atoms with van der Waals surface area (Å²) in [4.78, 5) is 93.6. The van der Waals surface area contributed by atoms with Crippen LogP contribution in [0.1, 0.15) is 110 Å². The Morgan fingerprint density at radius 1 is 0.643 bits per heavy atom. The van der Waals surface area contributed by atoms with Crippen molar-refractivity contribution in [3.63, 3.8) is 0 Å². The second-order valence-electron chi connectivity index (χ2n) is 14.9. The highest BCUT2D eigenvalue weighted by Crippen LogP contribution is 2.21. The number of unbranched alkanes of at least 4 members (excludes halogenated alkanes) is 4. The van der Waals surface area contributed by atoms with Crippen molar-refractivity contribution in [3.8, 4) is 0 Å². The van der Waals surface area contributed by atoms with Gasteiger partial charge in [-0.25, -0.2) is 4.79 Å². The fourth-order valence-corrected chi connectivity index (χ4v) is 6.46. The van der Waals surface area contributed by atoms with E-state index in [1.54, 1.807) is 0 Å². The van der Waals surface area contributed by atoms with Crippen LogP contribution in [0.25, 0.3) is 0 Å². The average Bonchev–Trinajstić information content (AvgIpc) is 3.65. The van der Waals surface area contributed by atoms with Crippen LogP contribution in [0.2, 0.25) is 0 Å². The molecule has 6 amide bonds. The molecule has 0 unspecified atom stereocenters. The molecule has 0 aromatic heterocycles. The fourth-order valence-electron chi connectivity index (χ4n) is 6.46. The first-order valence-corrected chi connectivity index (χ1v) is 20.3. The van der Waals surface area contributed by atoms with Crippen molar-refractivity contribution in [2.24, 2.45) is 34.6 Å². The minimum Gasteiger partial charge on any atom is -0.480 e. The lowest BCUT2D eigenvalue weighted by Crippen LogP contribution is -2.59. The van der Waals surface area contributed by atoms with E-state index in [4.69, 9.17) is 28.7 Å². The van der Waals surface area contributed by atoms with Gasteiger partial charge < -0.3 is 65.3 Å². The van der Waals surface area contributed by atoms with Gasteiger partial charge in [-0.3, -0.25) is 28.8 Å². The third-order valence-corrected chi connectivity index (χ3v) is 9.63. The first-order chi connectivity index (χ1) is 26.7. The fraction of sp³-hybridized carbons (Fsp3) is 0.811. The van der Waals surface area contributed by atoms with Crippen molar-refractivity contribution in [2.45, 2.75) is 146 Å². The standard InChI is InChI=1S/C37H71N11O8/c1-24(2)22-29(34(52)46-28(37(55)56)15-6-10-20-41)47-33(51)26(13-4-8-18-39)45-35(53)30-16-11-21-48(30)36(54)27(14-5-9-19-40)44-31(49)23-43-32(50)25(42)12-3-7-17-38/h24-30H,3-23,38-42H2,1-2H3,(H,43,50)(H,44,49)(H,45,53)(H,46,52)(H,47,51)(H,55,56)/t25-,26-,27-,28-,29-,30-/m0/s1. The van der Waals surface area contributed by atoms with Crippen molar-refractivity contribution in [3.05, 3.63) is 0 Å². The van der Waals surface area contributed by atoms with E-state index in [2.05, 4.69) is 26.6 Å². The molecule has 0 aliphatic carbocycles. The summed E-state index contributed by atoms with van der Waals surface area (Å²) in [5.74, 6) is -4.67. The summed E-state index contributed by atoms with van der Waals surface area (Å²) in [5.41, 5.74) is 28.3. The van der Waals surface area contributed by atoms with Crippen LogP contribution in [0.3, 0.4) is 0 Å². The van der Waals surface area contributed by atoms with Gasteiger partial charge in [-0.2, -0.15) is 0 Å². The summed E-state index contributed by atoms with van der Waals surface area (Å²) in [5, 5.41) is 23.0. The third-order valence-electron chi connectivity index (χ3n) is 9.63. The number of likely N-dealkylation sites (tertiary alicyclic amines) is 1. The molecule has 1 aliphatic heterocycles. The predicted molar refractivity (Wildman–Crippen MR) is 212 cm³/mol. The largest absolute Gasteiger partial charge is 0.480 e. The van der Waals surface area contributed by atoms with Crippen LogP contribution in [0.4, 0.5) is 0 Å². The Hall–Kier alpha value is -3.91. The van der Waals surface area contributed by atoms with E-state index in [1.165, 1.54) is 4.90 Å². The molecule has 0 bridgehead atoms. The summed E-state index contributed by atoms with van der Waals surface area (Å²) in [6, 6.07) is -6.07. The number of carbonyl (C=O) groups is 7. The molecule has 1 fully saturated rings. The lowest BCUT2D eigenvalue weighted by molar-refractivity contribution is -0.143. The summed E-state index contributed by atoms with van der Waals surface area (Å²) in [7, 11) is 0. The molecule has 322 valence electrons. The number of nitrogens with zero attached hydrogens (tertiary/aromatic N) is 1. The highest BCUT2D eigenvalue weighted by molar-refractivity contribution is 5.96. The molecule has 1 saturated heterocycles. The molecular weight excluding hydrogens is 726 g/mol. The third kappa shape index (κ3) is 19.3. The number of aliphatic carboxylic acids is 1. The second-order valence-corrected chi connectivity index (χ2v) is 14.9. The van der Waals surface area contributed by atoms with Crippen LogP contribution >= 0.6 is 0 Å². The molecule has 1 heterocycles. The van der Waals surface area contributed by atoms with Crippen LogP contribution in [-0.2, 0) is 33.6 Å². The zero-order chi connectivity index (χ0) is 42.0. The topological polar surface area (TPSA) is 333 Å². The maximum absolute atomic E-state index is 14.0. The Morgan fingerprint density at radius 2 is 1.14 bits per heavy atom. The molecule has 0 aromatic carbocycles. The molecule has 0 saturated carbocycles. The highest BCUT2D eigenvalue weighted by Gasteiger charge is 2.39. The van der Waals surface area contributed by atoms with E-state index in [-0.39, 0.29) is 38.1 Å². The minimum atomic E-state index is -1.20. The average molecular weight is 798 g/mol. The number of carboxylic acids is 1. The van der Waals surface area contributed by atoms with Crippen LogP contribution in [-0.4, -0.2) is 127 Å². The Balaban J connectivity index is 3.13. The zero-order valence-electron chi connectivity index (χ0n) is 33.5. The lowest BCUT2D eigenvalue weighted by atomic mass is 10.0. The van der Waals surface area contributed by atoms with E-state index in [0.717, 1.165) is 6.42 Å². The molecule has 1 rings (SSSR count). The number of nitrogens with two attached hydrogens (primary N) is 5. The maximum Gasteiger partial charge on any atom is 0.326 e. The number of carboxylic acid groups (broad SMARTS) is 1. The molecule has 19 heteroatoms. The van der Waals surface area contributed by atoms with Gasteiger partial charge in [0.05, 0.1) is 12.6 Å². The number of hydrogen-bond acceptors (Lipinski definition) is 12. The Morgan fingerprint density at radius 3 is 1.68 bits per heavy atom. The summed E-state index contributed by atoms with van der Waals surface area (Å²) >= 11 is 0. The van der Waals surface area contributed by atoms with Crippen molar-refractivity contribution in [2.75, 3.05) is 39.3 Å². The van der Waals surface area contributed by atoms with E-state index in [0.29, 0.717) is 90.4 Å². The van der Waals surface area contributed by atoms with Crippen molar-refractivity contribution >= 4 is 41.4 Å². The predicted octanol–water partition coefficient (Wildman–Crippen LogP) is -1.99. The van der Waals surface area contributed by atoms with Crippen LogP contribution in [0, 0.1) is 5.92 Å². The van der Waals surface area contributed by atoms with Gasteiger partial charge in [0, 0.05) is 6.54 Å². The van der Waals surface area contributed by atoms with Crippen LogP contribution in [0.5, 0.6) is 0 Å². The van der Waals surface area contributed by atoms with Gasteiger partial charge in [0.15, 0.2) is 0 Å². The van der Waals surface area contributed by atoms with Crippen LogP contribution in [0.15, 0.2) is 0 Å². The first kappa shape index (κ1) is 50.1. The molecule has 0 aromatic rings. The second kappa shape index (κ2) is 28.5. The molecule has 19 nitrogen and oxygen atoms in total. The van der Waals surface area contributed by atoms with Crippen molar-refractivity contribution < 1.29 is 38.7 Å². The molecular formula is C37H71N11O8. The van der Waals surface area contributed by atoms with Gasteiger partial charge in [-0.1, -0.05) is 20.3 Å². The number of amides is 6. The SMILES string of the molecule is CC(C)C[C@H](NC(=O)[C@H](CCCCN)NC(=O)[C@@H]1CCCN1C(=O)[C@H](CCCCN)NC(=O)CNC(=O)[C@@H](N)CCCCN)C(=O)N[C@@H](CCCCN)C(=O)O. The first-order valence-electron chi connectivity index (χ1n) is 20.3. The van der Waals surface area contributed by atoms with Gasteiger partial charge in [0.1, 0.15) is 30.2 Å². The molecule has 6 atom stereocenters. The maximum atomic E-state index is 14.0. The van der Waals surface area contributed by atoms with Gasteiger partial charge in [-0.15, -0.1) is 0 Å². The lowest BCUT2D eigenvalue weighted by Gasteiger charge is -2.30. The van der Waals surface area contributed by atoms with E-state index < -0.39 is 84.2 Å². The number of hydrogen-bond donors (Lipinski definition) is 11. The smallest absolute Gasteiger partial charge is 0.326 e. The normalized spacial score (nSPS) is 16.6. The van der Waals surface area contributed by atoms with E-state index >= 15 is 0 Å². The molecule has 0 spiro atoms. The number of rotatable bonds is 30. The minimum absolute atomic E-state index is 0.0477. The summed E-state index contributed by atoms with van der Waals surface area (Å²) in [6.45, 7) is 5.17. The zero-order valence-corrected chi connectivity index (χ0v) is 33.5. The van der Waals surface area contributed by atoms with Gasteiger partial charge in [-0.05, 0) is 122 Å². The Kier molecular flexibility index (Phi) is 25.5. The molecule has 0 radical (unpaired) electrons. The summed E-state index contributed by atoms with van der Waals surface area (Å²) in [6.07, 6.45) is 6.70. The van der Waals surface area contributed by atoms with Crippen molar-refractivity contribution in [1.82, 2.24) is 31.5 Å². The number of carbonyl (C=O) groups excluding carboxylic acids is 6. The monoisotopic (exact) mass is 798 g/mol. The molecule has 56 heavy (non-hydrogen) atoms. The van der Waals surface area contributed by atoms with Crippen LogP contribution < -0.4 is 55.3 Å². The van der Waals surface area contributed by atoms with Crippen molar-refractivity contribution in [1.29, 1.82) is 0 Å². The quantitative estimate of drug-likeness (QED) is 0.0351. The van der Waals surface area contributed by atoms with E-state index in [1.807, 2.05) is 13.8 Å². The Bertz CT molecular complexity index is 1240. The van der Waals surface area contributed by atoms with Gasteiger partial charge in [0.25, 0.3) is 0 Å². The summed E-state index contributed by atoms with van der Waals surface area (Å²) < 4.78 is 0.